The van der Waals surface area contributed by atoms with Crippen LogP contribution < -0.4 is 5.32 Å². The van der Waals surface area contributed by atoms with Crippen molar-refractivity contribution in [1.29, 1.82) is 0 Å². The van der Waals surface area contributed by atoms with Crippen LogP contribution in [0.4, 0.5) is 4.79 Å². The Kier molecular flexibility index (Phi) is 6.55. The van der Waals surface area contributed by atoms with Gasteiger partial charge in [0.15, 0.2) is 0 Å². The van der Waals surface area contributed by atoms with Crippen LogP contribution >= 0.6 is 11.8 Å². The van der Waals surface area contributed by atoms with Gasteiger partial charge >= 0.3 is 6.09 Å². The third kappa shape index (κ3) is 6.89. The Morgan fingerprint density at radius 3 is 2.71 bits per heavy atom. The fraction of sp³-hybridized carbons (Fsp3) is 0.462. The zero-order valence-corrected chi connectivity index (χ0v) is 11.1. The quantitative estimate of drug-likeness (QED) is 0.792. The molecule has 0 heterocycles. The summed E-state index contributed by atoms with van der Waals surface area (Å²) in [6.45, 7) is 5.25. The van der Waals surface area contributed by atoms with Gasteiger partial charge in [-0.3, -0.25) is 0 Å². The Morgan fingerprint density at radius 2 is 2.06 bits per heavy atom. The molecule has 1 amide bonds. The number of carbonyl (C=O) groups excluding carboxylic acids is 1. The topological polar surface area (TPSA) is 38.3 Å². The highest BCUT2D eigenvalue weighted by atomic mass is 32.2. The van der Waals surface area contributed by atoms with Crippen LogP contribution in [0.25, 0.3) is 0 Å². The molecule has 0 unspecified atom stereocenters. The summed E-state index contributed by atoms with van der Waals surface area (Å²) in [4.78, 5) is 11.3. The van der Waals surface area contributed by atoms with Gasteiger partial charge in [0, 0.05) is 12.3 Å². The van der Waals surface area contributed by atoms with E-state index in [4.69, 9.17) is 4.74 Å². The lowest BCUT2D eigenvalue weighted by Gasteiger charge is -2.08. The van der Waals surface area contributed by atoms with Crippen molar-refractivity contribution in [3.63, 3.8) is 0 Å². The smallest absolute Gasteiger partial charge is 0.407 e. The van der Waals surface area contributed by atoms with E-state index in [1.165, 1.54) is 0 Å². The van der Waals surface area contributed by atoms with Gasteiger partial charge in [0.1, 0.15) is 6.61 Å². The molecule has 0 bridgehead atoms. The number of nitrogens with one attached hydrogen (secondary N) is 1. The lowest BCUT2D eigenvalue weighted by molar-refractivity contribution is 0.140. The molecule has 0 aliphatic carbocycles. The maximum Gasteiger partial charge on any atom is 0.407 e. The Bertz CT molecular complexity index is 327. The van der Waals surface area contributed by atoms with Crippen LogP contribution in [0.2, 0.25) is 0 Å². The van der Waals surface area contributed by atoms with Crippen LogP contribution in [0, 0.1) is 0 Å². The van der Waals surface area contributed by atoms with Crippen LogP contribution in [0.3, 0.4) is 0 Å². The van der Waals surface area contributed by atoms with Gasteiger partial charge in [-0.15, -0.1) is 0 Å². The normalized spacial score (nSPS) is 10.3. The van der Waals surface area contributed by atoms with Crippen molar-refractivity contribution in [1.82, 2.24) is 5.32 Å². The summed E-state index contributed by atoms with van der Waals surface area (Å²) in [7, 11) is 0. The number of hydrogen-bond acceptors (Lipinski definition) is 3. The second-order valence-electron chi connectivity index (χ2n) is 3.91. The largest absolute Gasteiger partial charge is 0.445 e. The highest BCUT2D eigenvalue weighted by molar-refractivity contribution is 7.99. The molecule has 0 spiro atoms. The third-order valence-corrected chi connectivity index (χ3v) is 3.14. The number of ether oxygens (including phenoxy) is 1. The van der Waals surface area contributed by atoms with E-state index in [1.54, 1.807) is 0 Å². The summed E-state index contributed by atoms with van der Waals surface area (Å²) in [5.74, 6) is 0.915. The zero-order valence-electron chi connectivity index (χ0n) is 10.3. The monoisotopic (exact) mass is 253 g/mol. The molecule has 17 heavy (non-hydrogen) atoms. The third-order valence-electron chi connectivity index (χ3n) is 2.04. The molecule has 0 fully saturated rings. The highest BCUT2D eigenvalue weighted by Gasteiger charge is 2.02. The second kappa shape index (κ2) is 8.01. The van der Waals surface area contributed by atoms with Crippen molar-refractivity contribution in [3.05, 3.63) is 35.9 Å². The Hall–Kier alpha value is -1.16. The number of thioether (sulfide) groups is 1. The predicted molar refractivity (Wildman–Crippen MR) is 72.2 cm³/mol. The molecule has 1 N–H and O–H groups in total. The zero-order chi connectivity index (χ0) is 12.5. The van der Waals surface area contributed by atoms with E-state index >= 15 is 0 Å². The van der Waals surface area contributed by atoms with Crippen molar-refractivity contribution in [3.8, 4) is 0 Å². The van der Waals surface area contributed by atoms with E-state index in [9.17, 15) is 4.79 Å². The highest BCUT2D eigenvalue weighted by Crippen LogP contribution is 2.07. The first-order chi connectivity index (χ1) is 8.18. The molecule has 0 aliphatic rings. The van der Waals surface area contributed by atoms with Crippen LogP contribution in [0.15, 0.2) is 30.3 Å². The minimum Gasteiger partial charge on any atom is -0.445 e. The molecule has 1 aromatic carbocycles. The van der Waals surface area contributed by atoms with Crippen LogP contribution in [-0.4, -0.2) is 23.6 Å². The summed E-state index contributed by atoms with van der Waals surface area (Å²) in [5.41, 5.74) is 0.999. The SMILES string of the molecule is CC(C)SCCNC(=O)OCc1ccccc1. The average Bonchev–Trinajstić information content (AvgIpc) is 2.33. The molecule has 0 saturated carbocycles. The van der Waals surface area contributed by atoms with Gasteiger partial charge in [-0.1, -0.05) is 44.2 Å². The summed E-state index contributed by atoms with van der Waals surface area (Å²) >= 11 is 1.82. The first kappa shape index (κ1) is 13.9. The fourth-order valence-corrected chi connectivity index (χ4v) is 1.91. The van der Waals surface area contributed by atoms with Gasteiger partial charge in [-0.25, -0.2) is 4.79 Å². The fourth-order valence-electron chi connectivity index (χ4n) is 1.22. The summed E-state index contributed by atoms with van der Waals surface area (Å²) in [5, 5.41) is 3.32. The van der Waals surface area contributed by atoms with Crippen molar-refractivity contribution in [2.45, 2.75) is 25.7 Å². The van der Waals surface area contributed by atoms with Crippen molar-refractivity contribution in [2.75, 3.05) is 12.3 Å². The average molecular weight is 253 g/mol. The van der Waals surface area contributed by atoms with E-state index in [2.05, 4.69) is 19.2 Å². The lowest BCUT2D eigenvalue weighted by Crippen LogP contribution is -2.26. The van der Waals surface area contributed by atoms with Gasteiger partial charge in [-0.05, 0) is 10.8 Å². The van der Waals surface area contributed by atoms with Gasteiger partial charge in [-0.2, -0.15) is 11.8 Å². The first-order valence-corrected chi connectivity index (χ1v) is 6.79. The minimum absolute atomic E-state index is 0.323. The molecule has 0 atom stereocenters. The van der Waals surface area contributed by atoms with Crippen LogP contribution in [0.1, 0.15) is 19.4 Å². The van der Waals surface area contributed by atoms with Gasteiger partial charge in [0.25, 0.3) is 0 Å². The molecule has 1 rings (SSSR count). The standard InChI is InChI=1S/C13H19NO2S/c1-11(2)17-9-8-14-13(15)16-10-12-6-4-3-5-7-12/h3-7,11H,8-10H2,1-2H3,(H,14,15). The summed E-state index contributed by atoms with van der Waals surface area (Å²) in [6.07, 6.45) is -0.349. The number of hydrogen-bond donors (Lipinski definition) is 1. The Balaban J connectivity index is 2.09. The van der Waals surface area contributed by atoms with E-state index in [1.807, 2.05) is 42.1 Å². The van der Waals surface area contributed by atoms with Gasteiger partial charge < -0.3 is 10.1 Å². The minimum atomic E-state index is -0.349. The maximum atomic E-state index is 11.3. The predicted octanol–water partition coefficient (Wildman–Crippen LogP) is 3.05. The van der Waals surface area contributed by atoms with E-state index in [0.29, 0.717) is 18.4 Å². The number of carbonyl (C=O) groups is 1. The summed E-state index contributed by atoms with van der Waals surface area (Å²) < 4.78 is 5.08. The van der Waals surface area contributed by atoms with Crippen LogP contribution in [-0.2, 0) is 11.3 Å². The van der Waals surface area contributed by atoms with Crippen molar-refractivity contribution < 1.29 is 9.53 Å². The van der Waals surface area contributed by atoms with Gasteiger partial charge in [0.2, 0.25) is 0 Å². The molecular formula is C13H19NO2S. The molecule has 0 aliphatic heterocycles. The molecule has 1 aromatic rings. The molecule has 3 nitrogen and oxygen atoms in total. The number of benzene rings is 1. The molecular weight excluding hydrogens is 234 g/mol. The molecule has 4 heteroatoms. The molecule has 0 radical (unpaired) electrons. The summed E-state index contributed by atoms with van der Waals surface area (Å²) in [6, 6.07) is 9.66. The number of alkyl carbamates (subject to hydrolysis) is 1. The van der Waals surface area contributed by atoms with Crippen LogP contribution in [0.5, 0.6) is 0 Å². The second-order valence-corrected chi connectivity index (χ2v) is 5.59. The first-order valence-electron chi connectivity index (χ1n) is 5.74. The Labute approximate surface area is 107 Å². The number of rotatable bonds is 6. The van der Waals surface area contributed by atoms with E-state index in [-0.39, 0.29) is 6.09 Å². The Morgan fingerprint density at radius 1 is 1.35 bits per heavy atom. The molecule has 94 valence electrons. The molecule has 0 aromatic heterocycles. The van der Waals surface area contributed by atoms with Crippen molar-refractivity contribution in [2.24, 2.45) is 0 Å². The van der Waals surface area contributed by atoms with Crippen molar-refractivity contribution >= 4 is 17.9 Å². The van der Waals surface area contributed by atoms with E-state index in [0.717, 1.165) is 11.3 Å². The maximum absolute atomic E-state index is 11.3. The molecule has 0 saturated heterocycles. The number of amides is 1. The van der Waals surface area contributed by atoms with Gasteiger partial charge in [0.05, 0.1) is 0 Å². The van der Waals surface area contributed by atoms with E-state index < -0.39 is 0 Å². The lowest BCUT2D eigenvalue weighted by atomic mass is 10.2.